The number of hydrogen-bond donors (Lipinski definition) is 1. The van der Waals surface area contributed by atoms with E-state index in [0.717, 1.165) is 29.2 Å². The fourth-order valence-electron chi connectivity index (χ4n) is 2.89. The molecule has 1 aliphatic heterocycles. The van der Waals surface area contributed by atoms with Gasteiger partial charge >= 0.3 is 0 Å². The summed E-state index contributed by atoms with van der Waals surface area (Å²) in [6, 6.07) is 5.34. The van der Waals surface area contributed by atoms with Gasteiger partial charge in [0, 0.05) is 19.2 Å². The van der Waals surface area contributed by atoms with Crippen molar-refractivity contribution >= 4 is 5.91 Å². The van der Waals surface area contributed by atoms with E-state index in [4.69, 9.17) is 10.5 Å². The first-order valence-corrected chi connectivity index (χ1v) is 8.11. The number of carbonyl (C=O) groups excluding carboxylic acids is 1. The molecule has 0 bridgehead atoms. The summed E-state index contributed by atoms with van der Waals surface area (Å²) in [6.45, 7) is 1.03. The maximum Gasteiger partial charge on any atom is 0.295 e. The molecule has 0 radical (unpaired) electrons. The van der Waals surface area contributed by atoms with Crippen LogP contribution in [0.1, 0.15) is 34.8 Å². The summed E-state index contributed by atoms with van der Waals surface area (Å²) in [5.41, 5.74) is 8.99. The predicted octanol–water partition coefficient (Wildman–Crippen LogP) is 2.48. The molecule has 0 spiro atoms. The first-order valence-electron chi connectivity index (χ1n) is 8.11. The Labute approximate surface area is 139 Å². The fourth-order valence-corrected chi connectivity index (χ4v) is 2.89. The Balaban J connectivity index is 1.71. The van der Waals surface area contributed by atoms with E-state index in [-0.39, 0.29) is 11.9 Å². The number of ether oxygens (including phenoxy) is 1. The molecule has 2 aromatic rings. The summed E-state index contributed by atoms with van der Waals surface area (Å²) < 4.78 is 7.71. The summed E-state index contributed by atoms with van der Waals surface area (Å²) in [4.78, 5) is 11.9. The van der Waals surface area contributed by atoms with Crippen molar-refractivity contribution in [3.63, 3.8) is 0 Å². The molecule has 2 N–H and O–H groups in total. The van der Waals surface area contributed by atoms with Crippen LogP contribution in [0.5, 0.6) is 5.88 Å². The number of amides is 1. The molecule has 7 heteroatoms. The molecule has 1 aromatic carbocycles. The molecule has 0 saturated heterocycles. The zero-order valence-electron chi connectivity index (χ0n) is 13.5. The minimum absolute atomic E-state index is 0.287. The monoisotopic (exact) mass is 325 g/mol. The van der Waals surface area contributed by atoms with Gasteiger partial charge in [0.25, 0.3) is 5.91 Å². The summed E-state index contributed by atoms with van der Waals surface area (Å²) in [6.07, 6.45) is 4.25. The SMILES string of the molecule is Cn1ncc(-c2ccc3c(c2)C(CN)N=NC3=O)c1OCC1CC1. The molecule has 1 unspecified atom stereocenters. The smallest absolute Gasteiger partial charge is 0.295 e. The van der Waals surface area contributed by atoms with Crippen LogP contribution in [0.4, 0.5) is 0 Å². The van der Waals surface area contributed by atoms with Crippen LogP contribution in [0.2, 0.25) is 0 Å². The third-order valence-corrected chi connectivity index (χ3v) is 4.50. The Morgan fingerprint density at radius 1 is 1.33 bits per heavy atom. The van der Waals surface area contributed by atoms with Gasteiger partial charge in [-0.05, 0) is 42.0 Å². The van der Waals surface area contributed by atoms with Crippen molar-refractivity contribution in [2.45, 2.75) is 18.9 Å². The number of hydrogen-bond acceptors (Lipinski definition) is 5. The van der Waals surface area contributed by atoms with Crippen LogP contribution >= 0.6 is 0 Å². The highest BCUT2D eigenvalue weighted by Crippen LogP contribution is 2.36. The highest BCUT2D eigenvalue weighted by atomic mass is 16.5. The number of nitrogens with zero attached hydrogens (tertiary/aromatic N) is 4. The Kier molecular flexibility index (Phi) is 3.65. The summed E-state index contributed by atoms with van der Waals surface area (Å²) in [5, 5.41) is 12.0. The molecule has 124 valence electrons. The number of aryl methyl sites for hydroxylation is 1. The molecule has 1 saturated carbocycles. The maximum absolute atomic E-state index is 11.9. The van der Waals surface area contributed by atoms with Crippen molar-refractivity contribution in [2.24, 2.45) is 28.9 Å². The van der Waals surface area contributed by atoms with Crippen LogP contribution < -0.4 is 10.5 Å². The van der Waals surface area contributed by atoms with Crippen molar-refractivity contribution in [1.82, 2.24) is 9.78 Å². The summed E-state index contributed by atoms with van der Waals surface area (Å²) >= 11 is 0. The number of fused-ring (bicyclic) bond motifs is 1. The lowest BCUT2D eigenvalue weighted by molar-refractivity contribution is 0.0985. The second-order valence-electron chi connectivity index (χ2n) is 6.32. The van der Waals surface area contributed by atoms with Crippen molar-refractivity contribution < 1.29 is 9.53 Å². The standard InChI is InChI=1S/C17H19N5O2/c1-22-17(24-9-10-2-3-10)14(8-19-22)11-4-5-12-13(6-11)15(7-18)20-21-16(12)23/h4-6,8,10,15H,2-3,7,9,18H2,1H3. The van der Waals surface area contributed by atoms with Crippen molar-refractivity contribution in [2.75, 3.05) is 13.2 Å². The number of azo groups is 1. The lowest BCUT2D eigenvalue weighted by Gasteiger charge is -2.18. The normalized spacial score (nSPS) is 19.4. The maximum atomic E-state index is 11.9. The average molecular weight is 325 g/mol. The van der Waals surface area contributed by atoms with Gasteiger partial charge in [-0.2, -0.15) is 10.2 Å². The fraction of sp³-hybridized carbons (Fsp3) is 0.412. The van der Waals surface area contributed by atoms with E-state index in [9.17, 15) is 4.79 Å². The third kappa shape index (κ3) is 2.60. The lowest BCUT2D eigenvalue weighted by atomic mass is 9.95. The zero-order valence-corrected chi connectivity index (χ0v) is 13.5. The van der Waals surface area contributed by atoms with Crippen LogP contribution in [-0.2, 0) is 7.05 Å². The lowest BCUT2D eigenvalue weighted by Crippen LogP contribution is -2.17. The first-order chi connectivity index (χ1) is 11.7. The van der Waals surface area contributed by atoms with Crippen LogP contribution in [0.3, 0.4) is 0 Å². The molecule has 1 aromatic heterocycles. The van der Waals surface area contributed by atoms with E-state index in [2.05, 4.69) is 15.3 Å². The number of nitrogens with two attached hydrogens (primary N) is 1. The second-order valence-corrected chi connectivity index (χ2v) is 6.32. The highest BCUT2D eigenvalue weighted by molar-refractivity contribution is 5.97. The summed E-state index contributed by atoms with van der Waals surface area (Å²) in [5.74, 6) is 1.09. The largest absolute Gasteiger partial charge is 0.477 e. The molecule has 2 heterocycles. The summed E-state index contributed by atoms with van der Waals surface area (Å²) in [7, 11) is 1.87. The number of carbonyl (C=O) groups is 1. The Bertz CT molecular complexity index is 822. The van der Waals surface area contributed by atoms with E-state index in [1.165, 1.54) is 12.8 Å². The zero-order chi connectivity index (χ0) is 16.7. The van der Waals surface area contributed by atoms with Crippen LogP contribution in [0, 0.1) is 5.92 Å². The third-order valence-electron chi connectivity index (χ3n) is 4.50. The molecular formula is C17H19N5O2. The van der Waals surface area contributed by atoms with Gasteiger partial charge in [0.1, 0.15) is 6.04 Å². The van der Waals surface area contributed by atoms with E-state index >= 15 is 0 Å². The first kappa shape index (κ1) is 15.0. The van der Waals surface area contributed by atoms with Gasteiger partial charge < -0.3 is 10.5 Å². The van der Waals surface area contributed by atoms with Crippen molar-refractivity contribution in [3.8, 4) is 17.0 Å². The number of aromatic nitrogens is 2. The molecule has 1 aliphatic carbocycles. The average Bonchev–Trinajstić information content (AvgIpc) is 3.35. The van der Waals surface area contributed by atoms with Crippen LogP contribution in [-0.4, -0.2) is 28.8 Å². The van der Waals surface area contributed by atoms with Gasteiger partial charge in [-0.3, -0.25) is 4.79 Å². The Morgan fingerprint density at radius 2 is 2.17 bits per heavy atom. The van der Waals surface area contributed by atoms with Gasteiger partial charge in [-0.1, -0.05) is 6.07 Å². The molecule has 1 atom stereocenters. The molecule has 1 amide bonds. The molecular weight excluding hydrogens is 306 g/mol. The van der Waals surface area contributed by atoms with E-state index < -0.39 is 0 Å². The second kappa shape index (κ2) is 5.83. The van der Waals surface area contributed by atoms with Gasteiger partial charge in [0.15, 0.2) is 0 Å². The Morgan fingerprint density at radius 3 is 2.92 bits per heavy atom. The van der Waals surface area contributed by atoms with Gasteiger partial charge in [0.05, 0.1) is 18.4 Å². The van der Waals surface area contributed by atoms with Crippen molar-refractivity contribution in [3.05, 3.63) is 35.5 Å². The predicted molar refractivity (Wildman–Crippen MR) is 87.8 cm³/mol. The molecule has 4 rings (SSSR count). The number of benzene rings is 1. The minimum atomic E-state index is -0.322. The molecule has 1 fully saturated rings. The van der Waals surface area contributed by atoms with E-state index in [1.54, 1.807) is 16.9 Å². The van der Waals surface area contributed by atoms with E-state index in [1.807, 2.05) is 19.2 Å². The van der Waals surface area contributed by atoms with Crippen LogP contribution in [0.25, 0.3) is 11.1 Å². The van der Waals surface area contributed by atoms with Gasteiger partial charge in [0.2, 0.25) is 5.88 Å². The highest BCUT2D eigenvalue weighted by Gasteiger charge is 2.26. The topological polar surface area (TPSA) is 94.9 Å². The molecule has 2 aliphatic rings. The van der Waals surface area contributed by atoms with Crippen LogP contribution in [0.15, 0.2) is 34.6 Å². The van der Waals surface area contributed by atoms with Gasteiger partial charge in [-0.25, -0.2) is 4.68 Å². The van der Waals surface area contributed by atoms with Crippen molar-refractivity contribution in [1.29, 1.82) is 0 Å². The molecule has 24 heavy (non-hydrogen) atoms. The number of rotatable bonds is 5. The molecule has 7 nitrogen and oxygen atoms in total. The Hall–Kier alpha value is -2.54. The van der Waals surface area contributed by atoms with Gasteiger partial charge in [-0.15, -0.1) is 5.11 Å². The minimum Gasteiger partial charge on any atom is -0.477 e. The quantitative estimate of drug-likeness (QED) is 0.913. The van der Waals surface area contributed by atoms with E-state index in [0.29, 0.717) is 18.0 Å².